The minimum atomic E-state index is -0.212. The van der Waals surface area contributed by atoms with E-state index < -0.39 is 0 Å². The van der Waals surface area contributed by atoms with E-state index in [0.29, 0.717) is 5.02 Å². The summed E-state index contributed by atoms with van der Waals surface area (Å²) in [6.45, 7) is 5.87. The zero-order chi connectivity index (χ0) is 23.1. The number of amides is 2. The molecule has 34 heavy (non-hydrogen) atoms. The normalized spacial score (nSPS) is 25.1. The van der Waals surface area contributed by atoms with E-state index in [1.165, 1.54) is 11.2 Å². The Bertz CT molecular complexity index is 1300. The number of nitrogens with zero attached hydrogens (tertiary/aromatic N) is 5. The minimum Gasteiger partial charge on any atom is -0.369 e. The zero-order valence-corrected chi connectivity index (χ0v) is 20.5. The molecule has 2 unspecified atom stereocenters. The molecule has 4 heterocycles. The van der Waals surface area contributed by atoms with Gasteiger partial charge in [0.25, 0.3) is 0 Å². The summed E-state index contributed by atoms with van der Waals surface area (Å²) in [5, 5.41) is 4.98. The molecule has 1 aromatic carbocycles. The quantitative estimate of drug-likeness (QED) is 0.552. The van der Waals surface area contributed by atoms with Gasteiger partial charge in [0.1, 0.15) is 6.33 Å². The van der Waals surface area contributed by atoms with Gasteiger partial charge < -0.3 is 10.6 Å². The molecule has 2 amide bonds. The highest BCUT2D eigenvalue weighted by Gasteiger charge is 2.72. The molecule has 2 aliphatic heterocycles. The Kier molecular flexibility index (Phi) is 5.39. The van der Waals surface area contributed by atoms with Crippen LogP contribution in [0.25, 0.3) is 16.8 Å². The third-order valence-electron chi connectivity index (χ3n) is 7.47. The number of piperidine rings is 1. The Hall–Kier alpha value is -2.68. The number of likely N-dealkylation sites (tertiary alicyclic amines) is 1. The Labute approximate surface area is 208 Å². The van der Waals surface area contributed by atoms with Crippen LogP contribution < -0.4 is 10.6 Å². The summed E-state index contributed by atoms with van der Waals surface area (Å²) in [6.07, 6.45) is 4.30. The second-order valence-corrected chi connectivity index (χ2v) is 10.4. The highest BCUT2D eigenvalue weighted by Crippen LogP contribution is 2.63. The third-order valence-corrected chi connectivity index (χ3v) is 7.71. The number of aromatic nitrogens is 3. The average Bonchev–Trinajstić information content (AvgIpc) is 3.16. The minimum absolute atomic E-state index is 0. The summed E-state index contributed by atoms with van der Waals surface area (Å²) in [6, 6.07) is 7.90. The maximum absolute atomic E-state index is 12.8. The summed E-state index contributed by atoms with van der Waals surface area (Å²) in [4.78, 5) is 33.8. The highest BCUT2D eigenvalue weighted by atomic mass is 35.5. The number of carbonyl (C=O) groups excluding carboxylic acids is 2. The lowest BCUT2D eigenvalue weighted by Gasteiger charge is -2.22. The van der Waals surface area contributed by atoms with Crippen LogP contribution >= 0.6 is 24.0 Å². The van der Waals surface area contributed by atoms with Crippen molar-refractivity contribution < 1.29 is 9.59 Å². The van der Waals surface area contributed by atoms with Crippen molar-refractivity contribution in [2.45, 2.75) is 32.9 Å². The number of benzene rings is 1. The molecule has 2 saturated heterocycles. The van der Waals surface area contributed by atoms with E-state index in [4.69, 9.17) is 17.3 Å². The lowest BCUT2D eigenvalue weighted by molar-refractivity contribution is -0.143. The molecule has 2 aromatic heterocycles. The molecular formula is C24H26Cl2N6O2. The Balaban J connectivity index is 0.00000241. The molecule has 3 aromatic rings. The van der Waals surface area contributed by atoms with Gasteiger partial charge in [-0.05, 0) is 41.7 Å². The van der Waals surface area contributed by atoms with Gasteiger partial charge in [-0.2, -0.15) is 5.10 Å². The van der Waals surface area contributed by atoms with Crippen LogP contribution in [0.5, 0.6) is 0 Å². The van der Waals surface area contributed by atoms with Crippen molar-refractivity contribution in [1.82, 2.24) is 19.5 Å². The standard InChI is InChI=1S/C24H25ClN6O2.ClH/c1-24(2)19-20(24)23(33)30(22(19)32)9-13-7-18-21(27-12-28-31(18)10-13)16-8-14(25)3-4-17(16)29-6-5-15(26)11-29;/h3-4,7-8,10,12,15,19-20H,5-6,9,11,26H2,1-2H3;1H/t15-,19?,20?;/m1./s1. The van der Waals surface area contributed by atoms with Crippen LogP contribution in [0, 0.1) is 17.3 Å². The summed E-state index contributed by atoms with van der Waals surface area (Å²) >= 11 is 6.37. The molecular weight excluding hydrogens is 475 g/mol. The topological polar surface area (TPSA) is 96.8 Å². The average molecular weight is 501 g/mol. The van der Waals surface area contributed by atoms with Crippen LogP contribution in [0.3, 0.4) is 0 Å². The maximum atomic E-state index is 12.8. The van der Waals surface area contributed by atoms with E-state index in [1.807, 2.05) is 44.3 Å². The Morgan fingerprint density at radius 1 is 1.18 bits per heavy atom. The van der Waals surface area contributed by atoms with Gasteiger partial charge in [0.2, 0.25) is 11.8 Å². The third kappa shape index (κ3) is 3.39. The fourth-order valence-corrected chi connectivity index (χ4v) is 5.77. The monoisotopic (exact) mass is 500 g/mol. The predicted octanol–water partition coefficient (Wildman–Crippen LogP) is 3.15. The molecule has 3 fully saturated rings. The molecule has 3 aliphatic rings. The van der Waals surface area contributed by atoms with E-state index in [2.05, 4.69) is 15.0 Å². The van der Waals surface area contributed by atoms with Gasteiger partial charge in [0, 0.05) is 41.6 Å². The van der Waals surface area contributed by atoms with Crippen molar-refractivity contribution in [2.24, 2.45) is 23.0 Å². The molecule has 3 atom stereocenters. The van der Waals surface area contributed by atoms with Crippen molar-refractivity contribution in [1.29, 1.82) is 0 Å². The zero-order valence-electron chi connectivity index (χ0n) is 18.9. The first-order valence-electron chi connectivity index (χ1n) is 11.2. The van der Waals surface area contributed by atoms with Crippen molar-refractivity contribution in [3.8, 4) is 11.3 Å². The number of hydrogen-bond donors (Lipinski definition) is 1. The predicted molar refractivity (Wildman–Crippen MR) is 132 cm³/mol. The van der Waals surface area contributed by atoms with Gasteiger partial charge in [0.05, 0.1) is 29.6 Å². The SMILES string of the molecule is CC1(C)C2C(=O)N(Cc3cc4c(-c5cc(Cl)ccc5N5CC[C@@H](N)C5)ncnn4c3)C(=O)C21.Cl. The molecule has 178 valence electrons. The molecule has 1 saturated carbocycles. The maximum Gasteiger partial charge on any atom is 0.233 e. The van der Waals surface area contributed by atoms with Crippen LogP contribution in [0.2, 0.25) is 5.02 Å². The Morgan fingerprint density at radius 2 is 1.91 bits per heavy atom. The lowest BCUT2D eigenvalue weighted by Crippen LogP contribution is -2.35. The van der Waals surface area contributed by atoms with Crippen LogP contribution in [0.4, 0.5) is 5.69 Å². The number of halogens is 2. The number of hydrogen-bond acceptors (Lipinski definition) is 6. The van der Waals surface area contributed by atoms with E-state index in [0.717, 1.165) is 47.5 Å². The van der Waals surface area contributed by atoms with Crippen molar-refractivity contribution in [3.63, 3.8) is 0 Å². The number of imide groups is 1. The van der Waals surface area contributed by atoms with Crippen LogP contribution in [-0.4, -0.2) is 50.4 Å². The summed E-state index contributed by atoms with van der Waals surface area (Å²) in [5.41, 5.74) is 10.3. The van der Waals surface area contributed by atoms with Gasteiger partial charge >= 0.3 is 0 Å². The molecule has 6 rings (SSSR count). The first-order chi connectivity index (χ1) is 15.8. The molecule has 0 bridgehead atoms. The van der Waals surface area contributed by atoms with Gasteiger partial charge in [-0.25, -0.2) is 9.50 Å². The van der Waals surface area contributed by atoms with E-state index in [9.17, 15) is 9.59 Å². The molecule has 10 heteroatoms. The largest absolute Gasteiger partial charge is 0.369 e. The second-order valence-electron chi connectivity index (χ2n) is 9.98. The number of nitrogens with two attached hydrogens (primary N) is 1. The molecule has 8 nitrogen and oxygen atoms in total. The lowest BCUT2D eigenvalue weighted by atomic mass is 10.1. The van der Waals surface area contributed by atoms with Crippen molar-refractivity contribution in [3.05, 3.63) is 47.4 Å². The Morgan fingerprint density at radius 3 is 2.59 bits per heavy atom. The summed E-state index contributed by atoms with van der Waals surface area (Å²) in [7, 11) is 0. The smallest absolute Gasteiger partial charge is 0.233 e. The summed E-state index contributed by atoms with van der Waals surface area (Å²) < 4.78 is 1.74. The van der Waals surface area contributed by atoms with E-state index >= 15 is 0 Å². The van der Waals surface area contributed by atoms with Crippen LogP contribution in [-0.2, 0) is 16.1 Å². The number of carbonyl (C=O) groups is 2. The fraction of sp³-hybridized carbons (Fsp3) is 0.417. The van der Waals surface area contributed by atoms with E-state index in [1.54, 1.807) is 4.52 Å². The molecule has 1 aliphatic carbocycles. The van der Waals surface area contributed by atoms with Crippen LogP contribution in [0.15, 0.2) is 36.8 Å². The van der Waals surface area contributed by atoms with Gasteiger partial charge in [-0.15, -0.1) is 12.4 Å². The molecule has 0 radical (unpaired) electrons. The van der Waals surface area contributed by atoms with Crippen molar-refractivity contribution >= 4 is 47.0 Å². The van der Waals surface area contributed by atoms with Crippen molar-refractivity contribution in [2.75, 3.05) is 18.0 Å². The number of fused-ring (bicyclic) bond motifs is 2. The van der Waals surface area contributed by atoms with Gasteiger partial charge in [-0.3, -0.25) is 14.5 Å². The second kappa shape index (κ2) is 7.93. The van der Waals surface area contributed by atoms with Crippen LogP contribution in [0.1, 0.15) is 25.8 Å². The molecule has 0 spiro atoms. The highest BCUT2D eigenvalue weighted by molar-refractivity contribution is 6.31. The fourth-order valence-electron chi connectivity index (χ4n) is 5.60. The summed E-state index contributed by atoms with van der Waals surface area (Å²) in [5.74, 6) is -0.505. The van der Waals surface area contributed by atoms with E-state index in [-0.39, 0.29) is 54.1 Å². The van der Waals surface area contributed by atoms with Gasteiger partial charge in [-0.1, -0.05) is 25.4 Å². The van der Waals surface area contributed by atoms with Gasteiger partial charge in [0.15, 0.2) is 0 Å². The first-order valence-corrected chi connectivity index (χ1v) is 11.6. The number of anilines is 1. The first kappa shape index (κ1) is 23.1. The number of rotatable bonds is 4. The molecule has 2 N–H and O–H groups in total.